The van der Waals surface area contributed by atoms with Gasteiger partial charge >= 0.3 is 0 Å². The van der Waals surface area contributed by atoms with Gasteiger partial charge in [0, 0.05) is 0 Å². The molecule has 8 N–H and O–H groups in total. The van der Waals surface area contributed by atoms with Gasteiger partial charge in [0.2, 0.25) is 0 Å². The summed E-state index contributed by atoms with van der Waals surface area (Å²) in [6.45, 7) is 14.8. The van der Waals surface area contributed by atoms with E-state index >= 15 is 0 Å². The molecule has 0 aromatic carbocycles. The fraction of sp³-hybridized carbons (Fsp3) is 1.00. The fourth-order valence-corrected chi connectivity index (χ4v) is 4.77. The largest absolute Gasteiger partial charge is 0.394 e. The average Bonchev–Trinajstić information content (AvgIpc) is 3.23. The smallest absolute Gasteiger partial charge is 0.0943 e. The van der Waals surface area contributed by atoms with Crippen molar-refractivity contribution in [1.82, 2.24) is 20.9 Å². The minimum Gasteiger partial charge on any atom is -0.394 e. The number of aliphatic hydroxyl groups is 8. The van der Waals surface area contributed by atoms with Crippen molar-refractivity contribution in [2.24, 2.45) is 5.92 Å². The number of hydrogen-bond donors (Lipinski definition) is 8. The van der Waals surface area contributed by atoms with Gasteiger partial charge in [0.05, 0.1) is 130 Å². The molecule has 0 spiro atoms. The fourth-order valence-electron chi connectivity index (χ4n) is 4.77. The Bertz CT molecular complexity index is 733. The molecule has 20 nitrogen and oxygen atoms in total. The summed E-state index contributed by atoms with van der Waals surface area (Å²) in [6, 6.07) is 0.261. The van der Waals surface area contributed by atoms with Crippen molar-refractivity contribution in [3.63, 3.8) is 0 Å². The second-order valence-corrected chi connectivity index (χ2v) is 13.8. The molecule has 0 heterocycles. The van der Waals surface area contributed by atoms with Crippen molar-refractivity contribution < 1.29 is 79.6 Å². The lowest BCUT2D eigenvalue weighted by molar-refractivity contribution is -0.407. The third-order valence-corrected chi connectivity index (χ3v) is 7.59. The van der Waals surface area contributed by atoms with Crippen LogP contribution in [0.25, 0.3) is 0 Å². The molecule has 58 heavy (non-hydrogen) atoms. The van der Waals surface area contributed by atoms with Gasteiger partial charge < -0.3 is 40.9 Å². The zero-order valence-electron chi connectivity index (χ0n) is 36.8. The number of rotatable bonds is 34. The molecule has 0 radical (unpaired) electrons. The van der Waals surface area contributed by atoms with E-state index in [0.717, 1.165) is 38.5 Å². The Morgan fingerprint density at radius 3 is 1.24 bits per heavy atom. The van der Waals surface area contributed by atoms with Crippen LogP contribution in [0.4, 0.5) is 0 Å². The molecule has 1 unspecified atom stereocenters. The van der Waals surface area contributed by atoms with Crippen molar-refractivity contribution in [1.29, 1.82) is 0 Å². The van der Waals surface area contributed by atoms with Gasteiger partial charge in [-0.05, 0) is 52.4 Å². The summed E-state index contributed by atoms with van der Waals surface area (Å²) in [5.41, 5.74) is -0.315. The minimum atomic E-state index is -0.315. The molecule has 0 aromatic heterocycles. The Balaban J connectivity index is -0.000000700. The molecule has 0 saturated heterocycles. The van der Waals surface area contributed by atoms with E-state index < -0.39 is 0 Å². The number of hydrogen-bond acceptors (Lipinski definition) is 20. The molecular weight excluding hydrogens is 768 g/mol. The first kappa shape index (κ1) is 61.5. The molecule has 0 bridgehead atoms. The maximum Gasteiger partial charge on any atom is 0.0943 e. The number of nitrogens with zero attached hydrogens (tertiary/aromatic N) is 4. The van der Waals surface area contributed by atoms with Crippen molar-refractivity contribution in [2.75, 3.05) is 119 Å². The van der Waals surface area contributed by atoms with E-state index in [1.807, 2.05) is 20.8 Å². The summed E-state index contributed by atoms with van der Waals surface area (Å²) >= 11 is 0. The standard InChI is InChI=1S/C12H27NO4.C10H21NO4.2C8H19NO4/c1-3-5-6-12(4-2)11-13(16-9-7-14)17-10-8-15;12-6-8-14-11(15-9-7-13)10-4-2-1-3-5-10;1-8(2,3)9(12-6-4-10)13-7-5-11;1-2-3-4-9(12-7-5-10)13-8-6-11/h12,14-15H,3-11H2,1-2H3;10,12-13H,1-9H2;10-11H,4-7H2,1-3H3;10-11H,2-8H2,1H3. The summed E-state index contributed by atoms with van der Waals surface area (Å²) in [6.07, 6.45) is 12.3. The highest BCUT2D eigenvalue weighted by Gasteiger charge is 2.24. The molecule has 1 aliphatic rings. The third kappa shape index (κ3) is 40.6. The highest BCUT2D eigenvalue weighted by Crippen LogP contribution is 2.23. The van der Waals surface area contributed by atoms with E-state index in [9.17, 15) is 0 Å². The molecule has 0 aliphatic heterocycles. The second-order valence-electron chi connectivity index (χ2n) is 13.8. The molecule has 1 aliphatic carbocycles. The third-order valence-electron chi connectivity index (χ3n) is 7.59. The lowest BCUT2D eigenvalue weighted by Gasteiger charge is -2.32. The van der Waals surface area contributed by atoms with E-state index in [0.29, 0.717) is 19.0 Å². The number of unbranched alkanes of at least 4 members (excludes halogenated alkanes) is 2. The van der Waals surface area contributed by atoms with Gasteiger partial charge in [-0.1, -0.05) is 86.6 Å². The van der Waals surface area contributed by atoms with Gasteiger partial charge in [-0.2, -0.15) is 0 Å². The second kappa shape index (κ2) is 47.3. The summed E-state index contributed by atoms with van der Waals surface area (Å²) in [7, 11) is 0. The Morgan fingerprint density at radius 2 is 0.879 bits per heavy atom. The summed E-state index contributed by atoms with van der Waals surface area (Å²) in [5.74, 6) is 0.521. The molecule has 1 fully saturated rings. The van der Waals surface area contributed by atoms with Crippen LogP contribution in [0.3, 0.4) is 0 Å². The van der Waals surface area contributed by atoms with Crippen LogP contribution in [0.15, 0.2) is 0 Å². The Labute approximate surface area is 348 Å². The molecule has 1 atom stereocenters. The normalized spacial score (nSPS) is 14.0. The Kier molecular flexibility index (Phi) is 50.1. The van der Waals surface area contributed by atoms with Crippen molar-refractivity contribution in [2.45, 2.75) is 124 Å². The van der Waals surface area contributed by atoms with Gasteiger partial charge in [-0.25, -0.2) is 0 Å². The zero-order chi connectivity index (χ0) is 44.1. The van der Waals surface area contributed by atoms with Gasteiger partial charge in [-0.3, -0.25) is 38.7 Å². The van der Waals surface area contributed by atoms with Crippen LogP contribution < -0.4 is 0 Å². The van der Waals surface area contributed by atoms with E-state index in [2.05, 4.69) is 20.8 Å². The molecule has 1 rings (SSSR count). The first-order chi connectivity index (χ1) is 28.0. The Morgan fingerprint density at radius 1 is 0.500 bits per heavy atom. The summed E-state index contributed by atoms with van der Waals surface area (Å²) in [4.78, 5) is 41.4. The number of aliphatic hydroxyl groups excluding tert-OH is 8. The monoisotopic (exact) mass is 855 g/mol. The van der Waals surface area contributed by atoms with Gasteiger partial charge in [-0.15, -0.1) is 0 Å². The van der Waals surface area contributed by atoms with Crippen LogP contribution >= 0.6 is 0 Å². The molecule has 354 valence electrons. The molecule has 0 aromatic rings. The van der Waals surface area contributed by atoms with Gasteiger partial charge in [0.25, 0.3) is 0 Å². The van der Waals surface area contributed by atoms with Gasteiger partial charge in [0.1, 0.15) is 0 Å². The van der Waals surface area contributed by atoms with Crippen LogP contribution in [0.2, 0.25) is 0 Å². The van der Waals surface area contributed by atoms with Crippen LogP contribution in [0.1, 0.15) is 112 Å². The molecular formula is C38H86N4O16. The van der Waals surface area contributed by atoms with Crippen molar-refractivity contribution in [3.8, 4) is 0 Å². The maximum absolute atomic E-state index is 8.72. The highest BCUT2D eigenvalue weighted by atomic mass is 17.0. The SMILES string of the molecule is CC(C)(C)N(OCCO)OCCO.CCCCC(CC)CN(OCCO)OCCO.CCCCN(OCCO)OCCO.OCCON(OCCO)C1CCCCC1. The lowest BCUT2D eigenvalue weighted by Crippen LogP contribution is -2.42. The molecule has 0 amide bonds. The van der Waals surface area contributed by atoms with E-state index in [1.54, 1.807) is 0 Å². The summed E-state index contributed by atoms with van der Waals surface area (Å²) < 4.78 is 0. The van der Waals surface area contributed by atoms with E-state index in [4.69, 9.17) is 79.6 Å². The Hall–Kier alpha value is -0.800. The van der Waals surface area contributed by atoms with Crippen LogP contribution in [0.5, 0.6) is 0 Å². The van der Waals surface area contributed by atoms with Gasteiger partial charge in [0.15, 0.2) is 0 Å². The average molecular weight is 855 g/mol. The van der Waals surface area contributed by atoms with Crippen LogP contribution in [0, 0.1) is 5.92 Å². The first-order valence-electron chi connectivity index (χ1n) is 21.1. The van der Waals surface area contributed by atoms with E-state index in [1.165, 1.54) is 53.0 Å². The zero-order valence-corrected chi connectivity index (χ0v) is 36.8. The molecule has 1 saturated carbocycles. The van der Waals surface area contributed by atoms with Crippen LogP contribution in [-0.2, 0) is 38.7 Å². The highest BCUT2D eigenvalue weighted by molar-refractivity contribution is 4.68. The van der Waals surface area contributed by atoms with Crippen molar-refractivity contribution in [3.05, 3.63) is 0 Å². The van der Waals surface area contributed by atoms with E-state index in [-0.39, 0.29) is 117 Å². The van der Waals surface area contributed by atoms with Crippen LogP contribution in [-0.4, -0.2) is 192 Å². The topological polar surface area (TPSA) is 249 Å². The quantitative estimate of drug-likeness (QED) is 0.0429. The molecule has 20 heteroatoms. The predicted molar refractivity (Wildman–Crippen MR) is 216 cm³/mol. The minimum absolute atomic E-state index is 0.0221. The predicted octanol–water partition coefficient (Wildman–Crippen LogP) is 1.69. The first-order valence-corrected chi connectivity index (χ1v) is 21.1. The maximum atomic E-state index is 8.72. The lowest BCUT2D eigenvalue weighted by atomic mass is 9.96. The summed E-state index contributed by atoms with van der Waals surface area (Å²) in [5, 5.41) is 74.4. The van der Waals surface area contributed by atoms with Crippen molar-refractivity contribution >= 4 is 0 Å². The number of hydroxylamine groups is 8.